The summed E-state index contributed by atoms with van der Waals surface area (Å²) in [6, 6.07) is 9.70. The van der Waals surface area contributed by atoms with Gasteiger partial charge in [0.1, 0.15) is 38.4 Å². The number of methoxy groups -OCH3 is 1. The van der Waals surface area contributed by atoms with Crippen LogP contribution >= 0.6 is 22.7 Å². The number of ether oxygens (including phenoxy) is 3. The van der Waals surface area contributed by atoms with E-state index in [2.05, 4.69) is 20.6 Å². The molecule has 0 unspecified atom stereocenters. The molecule has 6 N–H and O–H groups in total. The molecule has 0 radical (unpaired) electrons. The highest BCUT2D eigenvalue weighted by Gasteiger charge is 2.30. The lowest BCUT2D eigenvalue weighted by Crippen LogP contribution is -2.44. The van der Waals surface area contributed by atoms with Crippen molar-refractivity contribution in [1.82, 2.24) is 19.8 Å². The van der Waals surface area contributed by atoms with Gasteiger partial charge in [-0.3, -0.25) is 9.59 Å². The Labute approximate surface area is 355 Å². The average Bonchev–Trinajstić information content (AvgIpc) is 3.73. The lowest BCUT2D eigenvalue weighted by atomic mass is 10.1. The minimum absolute atomic E-state index is 0.0638. The summed E-state index contributed by atoms with van der Waals surface area (Å²) in [5.41, 5.74) is 11.2. The second-order valence-corrected chi connectivity index (χ2v) is 18.3. The first-order chi connectivity index (χ1) is 28.2. The zero-order chi connectivity index (χ0) is 43.9. The van der Waals surface area contributed by atoms with Crippen LogP contribution in [0.2, 0.25) is 0 Å². The number of likely N-dealkylation sites (tertiary alicyclic amines) is 2. The van der Waals surface area contributed by atoms with E-state index in [1.807, 2.05) is 41.5 Å². The Bertz CT molecular complexity index is 2170. The van der Waals surface area contributed by atoms with Gasteiger partial charge in [-0.15, -0.1) is 0 Å². The zero-order valence-electron chi connectivity index (χ0n) is 34.7. The number of nitrogens with one attached hydrogen (secondary N) is 2. The standard InChI is InChI=1S/C21H27FN4O4S.C20H25FN4O3S/c1-21(2,3)30-20(28)26-9-7-13(8-10-26)24-19-25-18(23)17(31-19)16(27)12-5-6-15(29-4)14(22)11-12;1-20(2,3)28-19(27)25-9-7-14(8-10-25)23-18-24-17(22)16(29-18)15(26)12-5-4-6-13(21)11-12/h5-6,11,13H,7-10,23H2,1-4H3,(H,24,25);4-6,11,14H,7-10,22H2,1-3H3,(H,23,24). The zero-order valence-corrected chi connectivity index (χ0v) is 36.4. The first-order valence-electron chi connectivity index (χ1n) is 19.4. The van der Waals surface area contributed by atoms with Crippen LogP contribution in [0.25, 0.3) is 0 Å². The lowest BCUT2D eigenvalue weighted by molar-refractivity contribution is 0.0199. The van der Waals surface area contributed by atoms with E-state index < -0.39 is 28.6 Å². The smallest absolute Gasteiger partial charge is 0.410 e. The molecule has 2 amide bonds. The van der Waals surface area contributed by atoms with Gasteiger partial charge in [-0.1, -0.05) is 34.8 Å². The van der Waals surface area contributed by atoms with Crippen LogP contribution in [-0.4, -0.2) is 100 Å². The predicted octanol–water partition coefficient (Wildman–Crippen LogP) is 7.82. The third-order valence-electron chi connectivity index (χ3n) is 9.17. The van der Waals surface area contributed by atoms with Crippen LogP contribution in [0.3, 0.4) is 0 Å². The number of amides is 2. The molecule has 0 bridgehead atoms. The summed E-state index contributed by atoms with van der Waals surface area (Å²) in [6.45, 7) is 13.3. The number of hydrogen-bond donors (Lipinski definition) is 4. The molecule has 2 aliphatic rings. The second-order valence-electron chi connectivity index (χ2n) is 16.3. The summed E-state index contributed by atoms with van der Waals surface area (Å²) in [7, 11) is 1.36. The third kappa shape index (κ3) is 12.5. The summed E-state index contributed by atoms with van der Waals surface area (Å²) in [4.78, 5) is 62.1. The topological polar surface area (TPSA) is 204 Å². The fourth-order valence-electron chi connectivity index (χ4n) is 6.23. The Morgan fingerprint density at radius 3 is 1.52 bits per heavy atom. The van der Waals surface area contributed by atoms with Gasteiger partial charge in [0.2, 0.25) is 11.6 Å². The predicted molar refractivity (Wildman–Crippen MR) is 228 cm³/mol. The first-order valence-corrected chi connectivity index (χ1v) is 21.0. The largest absolute Gasteiger partial charge is 0.494 e. The van der Waals surface area contributed by atoms with Crippen LogP contribution < -0.4 is 26.8 Å². The van der Waals surface area contributed by atoms with Crippen LogP contribution in [0.4, 0.5) is 40.3 Å². The number of nitrogen functional groups attached to an aromatic ring is 2. The van der Waals surface area contributed by atoms with E-state index in [9.17, 15) is 28.0 Å². The molecule has 15 nitrogen and oxygen atoms in total. The van der Waals surface area contributed by atoms with Gasteiger partial charge in [-0.05, 0) is 97.6 Å². The first kappa shape index (κ1) is 45.5. The number of piperidine rings is 2. The number of hydrogen-bond acceptors (Lipinski definition) is 15. The van der Waals surface area contributed by atoms with E-state index in [-0.39, 0.29) is 68.3 Å². The molecule has 0 aliphatic carbocycles. The SMILES string of the molecule is CC(C)(C)OC(=O)N1CCC(Nc2nc(N)c(C(=O)c3cccc(F)c3)s2)CC1.COc1ccc(C(=O)c2sc(NC3CCN(C(=O)OC(C)(C)C)CC3)nc2N)cc1F. The molecule has 2 aromatic carbocycles. The minimum Gasteiger partial charge on any atom is -0.494 e. The second kappa shape index (κ2) is 19.2. The highest BCUT2D eigenvalue weighted by molar-refractivity contribution is 7.18. The van der Waals surface area contributed by atoms with E-state index >= 15 is 0 Å². The summed E-state index contributed by atoms with van der Waals surface area (Å²) in [5, 5.41) is 7.64. The number of ketones is 2. The number of aromatic nitrogens is 2. The fourth-order valence-corrected chi connectivity index (χ4v) is 8.07. The van der Waals surface area contributed by atoms with E-state index in [4.69, 9.17) is 25.7 Å². The van der Waals surface area contributed by atoms with E-state index in [0.717, 1.165) is 41.6 Å². The van der Waals surface area contributed by atoms with Crippen molar-refractivity contribution in [3.05, 3.63) is 75.0 Å². The number of carbonyl (C=O) groups is 4. The molecule has 2 saturated heterocycles. The van der Waals surface area contributed by atoms with Gasteiger partial charge in [0.25, 0.3) is 0 Å². The van der Waals surface area contributed by atoms with Crippen molar-refractivity contribution in [2.24, 2.45) is 0 Å². The van der Waals surface area contributed by atoms with Crippen molar-refractivity contribution >= 4 is 68.3 Å². The molecule has 4 heterocycles. The Morgan fingerprint density at radius 1 is 0.700 bits per heavy atom. The van der Waals surface area contributed by atoms with Gasteiger partial charge in [0, 0.05) is 49.4 Å². The third-order valence-corrected chi connectivity index (χ3v) is 11.2. The maximum absolute atomic E-state index is 14.0. The maximum atomic E-state index is 14.0. The maximum Gasteiger partial charge on any atom is 0.410 e. The van der Waals surface area contributed by atoms with Gasteiger partial charge < -0.3 is 46.1 Å². The Kier molecular flexibility index (Phi) is 14.6. The number of anilines is 4. The van der Waals surface area contributed by atoms with Gasteiger partial charge in [-0.25, -0.2) is 28.3 Å². The van der Waals surface area contributed by atoms with Gasteiger partial charge in [0.15, 0.2) is 21.8 Å². The van der Waals surface area contributed by atoms with Crippen molar-refractivity contribution in [2.45, 2.75) is 90.5 Å². The number of carbonyl (C=O) groups excluding carboxylic acids is 4. The van der Waals surface area contributed by atoms with Crippen LogP contribution in [0.15, 0.2) is 42.5 Å². The molecule has 0 spiro atoms. The monoisotopic (exact) mass is 870 g/mol. The molecule has 4 aromatic rings. The van der Waals surface area contributed by atoms with Crippen molar-refractivity contribution in [3.8, 4) is 5.75 Å². The summed E-state index contributed by atoms with van der Waals surface area (Å²) in [6.07, 6.45) is 2.26. The van der Waals surface area contributed by atoms with E-state index in [0.29, 0.717) is 49.3 Å². The van der Waals surface area contributed by atoms with Crippen molar-refractivity contribution in [1.29, 1.82) is 0 Å². The molecular formula is C41H52F2N8O7S2. The van der Waals surface area contributed by atoms with Crippen LogP contribution in [0, 0.1) is 11.6 Å². The summed E-state index contributed by atoms with van der Waals surface area (Å²) < 4.78 is 43.0. The minimum atomic E-state index is -0.619. The lowest BCUT2D eigenvalue weighted by Gasteiger charge is -2.33. The molecule has 60 heavy (non-hydrogen) atoms. The number of benzene rings is 2. The molecule has 0 atom stereocenters. The van der Waals surface area contributed by atoms with Gasteiger partial charge >= 0.3 is 12.2 Å². The normalized spacial score (nSPS) is 15.1. The van der Waals surface area contributed by atoms with Crippen LogP contribution in [0.5, 0.6) is 5.75 Å². The molecule has 2 aliphatic heterocycles. The molecular weight excluding hydrogens is 819 g/mol. The quantitative estimate of drug-likeness (QED) is 0.119. The Morgan fingerprint density at radius 2 is 1.13 bits per heavy atom. The summed E-state index contributed by atoms with van der Waals surface area (Å²) >= 11 is 2.28. The number of thiazole rings is 2. The summed E-state index contributed by atoms with van der Waals surface area (Å²) in [5.74, 6) is -1.57. The molecule has 324 valence electrons. The Hall–Kier alpha value is -5.56. The van der Waals surface area contributed by atoms with Crippen molar-refractivity contribution in [3.63, 3.8) is 0 Å². The highest BCUT2D eigenvalue weighted by atomic mass is 32.1. The fraction of sp³-hybridized carbons (Fsp3) is 0.463. The Balaban J connectivity index is 0.000000228. The van der Waals surface area contributed by atoms with E-state index in [1.165, 1.54) is 37.4 Å². The van der Waals surface area contributed by atoms with Crippen molar-refractivity contribution < 1.29 is 42.2 Å². The molecule has 2 fully saturated rings. The number of nitrogens with two attached hydrogens (primary N) is 2. The van der Waals surface area contributed by atoms with Gasteiger partial charge in [-0.2, -0.15) is 0 Å². The molecule has 6 rings (SSSR count). The van der Waals surface area contributed by atoms with E-state index in [1.54, 1.807) is 15.9 Å². The molecule has 2 aromatic heterocycles. The van der Waals surface area contributed by atoms with Crippen LogP contribution in [-0.2, 0) is 9.47 Å². The van der Waals surface area contributed by atoms with Crippen molar-refractivity contribution in [2.75, 3.05) is 55.4 Å². The molecule has 0 saturated carbocycles. The molecule has 19 heteroatoms. The number of nitrogens with zero attached hydrogens (tertiary/aromatic N) is 4. The van der Waals surface area contributed by atoms with Crippen LogP contribution in [0.1, 0.15) is 97.7 Å². The highest BCUT2D eigenvalue weighted by Crippen LogP contribution is 2.32. The van der Waals surface area contributed by atoms with Gasteiger partial charge in [0.05, 0.1) is 7.11 Å². The average molecular weight is 871 g/mol. The number of halogens is 2. The number of rotatable bonds is 9.